The van der Waals surface area contributed by atoms with Gasteiger partial charge in [0.2, 0.25) is 0 Å². The Bertz CT molecular complexity index is 557. The number of carbonyl (C=O) groups is 1. The van der Waals surface area contributed by atoms with E-state index in [0.717, 1.165) is 5.56 Å². The van der Waals surface area contributed by atoms with E-state index in [9.17, 15) is 4.79 Å². The number of anilines is 1. The van der Waals surface area contributed by atoms with Crippen molar-refractivity contribution in [3.05, 3.63) is 41.5 Å². The number of hydrogen-bond acceptors (Lipinski definition) is 4. The molecule has 1 heterocycles. The number of hydrogen-bond donors (Lipinski definition) is 2. The first-order chi connectivity index (χ1) is 9.15. The Balaban J connectivity index is 1.96. The molecular formula is C13H15N5O. The molecule has 0 unspecified atom stereocenters. The number of amides is 1. The van der Waals surface area contributed by atoms with Crippen molar-refractivity contribution in [3.8, 4) is 0 Å². The summed E-state index contributed by atoms with van der Waals surface area (Å²) in [6.45, 7) is 4.28. The highest BCUT2D eigenvalue weighted by Crippen LogP contribution is 2.15. The number of nitrogens with zero attached hydrogens (tertiary/aromatic N) is 3. The van der Waals surface area contributed by atoms with E-state index >= 15 is 0 Å². The predicted molar refractivity (Wildman–Crippen MR) is 72.4 cm³/mol. The molecule has 0 fully saturated rings. The Kier molecular flexibility index (Phi) is 4.02. The fourth-order valence-corrected chi connectivity index (χ4v) is 1.53. The minimum atomic E-state index is -0.297. The summed E-state index contributed by atoms with van der Waals surface area (Å²) in [6, 6.07) is 8.07. The lowest BCUT2D eigenvalue weighted by molar-refractivity contribution is -0.111. The molecule has 0 saturated heterocycles. The Labute approximate surface area is 110 Å². The van der Waals surface area contributed by atoms with Crippen LogP contribution < -0.4 is 5.32 Å². The summed E-state index contributed by atoms with van der Waals surface area (Å²) < 4.78 is 0. The number of nitrogens with one attached hydrogen (secondary N) is 2. The van der Waals surface area contributed by atoms with Crippen LogP contribution in [-0.4, -0.2) is 26.5 Å². The second-order valence-electron chi connectivity index (χ2n) is 4.38. The molecular weight excluding hydrogens is 242 g/mol. The molecule has 0 atom stereocenters. The van der Waals surface area contributed by atoms with Gasteiger partial charge in [-0.1, -0.05) is 43.2 Å². The number of tetrazole rings is 1. The minimum absolute atomic E-state index is 0.157. The Hall–Kier alpha value is -2.50. The van der Waals surface area contributed by atoms with E-state index in [2.05, 4.69) is 51.9 Å². The first-order valence-corrected chi connectivity index (χ1v) is 5.97. The summed E-state index contributed by atoms with van der Waals surface area (Å²) in [4.78, 5) is 11.5. The number of carbonyl (C=O) groups excluding carboxylic acids is 1. The molecule has 0 spiro atoms. The highest BCUT2D eigenvalue weighted by Gasteiger charge is 2.01. The number of aromatic amines is 1. The lowest BCUT2D eigenvalue weighted by Gasteiger charge is -2.04. The molecule has 6 heteroatoms. The van der Waals surface area contributed by atoms with Crippen molar-refractivity contribution in [3.63, 3.8) is 0 Å². The van der Waals surface area contributed by atoms with E-state index in [1.165, 1.54) is 11.6 Å². The van der Waals surface area contributed by atoms with Crippen molar-refractivity contribution in [1.82, 2.24) is 20.6 Å². The third-order valence-corrected chi connectivity index (χ3v) is 2.61. The van der Waals surface area contributed by atoms with Crippen LogP contribution in [0.15, 0.2) is 30.3 Å². The average molecular weight is 257 g/mol. The molecule has 19 heavy (non-hydrogen) atoms. The van der Waals surface area contributed by atoms with E-state index in [4.69, 9.17) is 0 Å². The van der Waals surface area contributed by atoms with Gasteiger partial charge in [0, 0.05) is 6.08 Å². The average Bonchev–Trinajstić information content (AvgIpc) is 2.89. The summed E-state index contributed by atoms with van der Waals surface area (Å²) in [7, 11) is 0. The smallest absolute Gasteiger partial charge is 0.270 e. The van der Waals surface area contributed by atoms with Gasteiger partial charge in [-0.25, -0.2) is 0 Å². The van der Waals surface area contributed by atoms with Crippen molar-refractivity contribution in [1.29, 1.82) is 0 Å². The Morgan fingerprint density at radius 2 is 2.05 bits per heavy atom. The Morgan fingerprint density at radius 3 is 2.63 bits per heavy atom. The quantitative estimate of drug-likeness (QED) is 0.820. The minimum Gasteiger partial charge on any atom is -0.288 e. The van der Waals surface area contributed by atoms with E-state index < -0.39 is 0 Å². The summed E-state index contributed by atoms with van der Waals surface area (Å²) in [5, 5.41) is 15.3. The van der Waals surface area contributed by atoms with Gasteiger partial charge in [0.15, 0.2) is 0 Å². The van der Waals surface area contributed by atoms with E-state index in [0.29, 0.717) is 5.92 Å². The topological polar surface area (TPSA) is 83.6 Å². The van der Waals surface area contributed by atoms with Crippen molar-refractivity contribution < 1.29 is 4.79 Å². The predicted octanol–water partition coefficient (Wildman–Crippen LogP) is 1.97. The molecule has 1 aromatic carbocycles. The van der Waals surface area contributed by atoms with E-state index in [-0.39, 0.29) is 11.9 Å². The van der Waals surface area contributed by atoms with Crippen molar-refractivity contribution >= 4 is 17.9 Å². The van der Waals surface area contributed by atoms with Crippen LogP contribution in [-0.2, 0) is 4.79 Å². The summed E-state index contributed by atoms with van der Waals surface area (Å²) >= 11 is 0. The summed E-state index contributed by atoms with van der Waals surface area (Å²) in [5.41, 5.74) is 2.24. The third kappa shape index (κ3) is 3.74. The highest BCUT2D eigenvalue weighted by molar-refractivity contribution is 6.00. The zero-order valence-electron chi connectivity index (χ0n) is 10.8. The van der Waals surface area contributed by atoms with Crippen LogP contribution in [0.5, 0.6) is 0 Å². The van der Waals surface area contributed by atoms with Gasteiger partial charge in [-0.2, -0.15) is 5.21 Å². The maximum Gasteiger partial charge on any atom is 0.270 e. The molecule has 0 saturated carbocycles. The van der Waals surface area contributed by atoms with Gasteiger partial charge in [-0.15, -0.1) is 5.10 Å². The maximum atomic E-state index is 11.5. The van der Waals surface area contributed by atoms with Gasteiger partial charge in [0.25, 0.3) is 11.9 Å². The molecule has 2 rings (SSSR count). The molecule has 1 aromatic heterocycles. The zero-order chi connectivity index (χ0) is 13.7. The van der Waals surface area contributed by atoms with Crippen LogP contribution in [0.3, 0.4) is 0 Å². The van der Waals surface area contributed by atoms with Gasteiger partial charge < -0.3 is 0 Å². The maximum absolute atomic E-state index is 11.5. The molecule has 1 amide bonds. The molecule has 0 aliphatic carbocycles. The van der Waals surface area contributed by atoms with E-state index in [1.807, 2.05) is 12.1 Å². The van der Waals surface area contributed by atoms with Gasteiger partial charge in [-0.05, 0) is 28.3 Å². The summed E-state index contributed by atoms with van der Waals surface area (Å²) in [6.07, 6.45) is 3.17. The first kappa shape index (κ1) is 12.9. The molecule has 6 nitrogen and oxygen atoms in total. The SMILES string of the molecule is CC(C)c1ccc(C=CC(=O)Nc2nn[nH]n2)cc1. The lowest BCUT2D eigenvalue weighted by Crippen LogP contribution is -2.09. The fourth-order valence-electron chi connectivity index (χ4n) is 1.53. The largest absolute Gasteiger partial charge is 0.288 e. The molecule has 2 aromatic rings. The number of benzene rings is 1. The van der Waals surface area contributed by atoms with E-state index in [1.54, 1.807) is 6.08 Å². The second-order valence-corrected chi connectivity index (χ2v) is 4.38. The molecule has 0 radical (unpaired) electrons. The number of rotatable bonds is 4. The standard InChI is InChI=1S/C13H15N5O/c1-9(2)11-6-3-10(4-7-11)5-8-12(19)14-13-15-17-18-16-13/h3-9H,1-2H3,(H2,14,15,16,17,18,19). The summed E-state index contributed by atoms with van der Waals surface area (Å²) in [5.74, 6) is 0.360. The first-order valence-electron chi connectivity index (χ1n) is 5.97. The molecule has 0 bridgehead atoms. The number of H-pyrrole nitrogens is 1. The van der Waals surface area contributed by atoms with Crippen molar-refractivity contribution in [2.75, 3.05) is 5.32 Å². The van der Waals surface area contributed by atoms with Crippen molar-refractivity contribution in [2.24, 2.45) is 0 Å². The van der Waals surface area contributed by atoms with Crippen LogP contribution >= 0.6 is 0 Å². The lowest BCUT2D eigenvalue weighted by atomic mass is 10.0. The van der Waals surface area contributed by atoms with Crippen LogP contribution in [0, 0.1) is 0 Å². The molecule has 2 N–H and O–H groups in total. The highest BCUT2D eigenvalue weighted by atomic mass is 16.1. The van der Waals surface area contributed by atoms with Gasteiger partial charge >= 0.3 is 0 Å². The Morgan fingerprint density at radius 1 is 1.32 bits per heavy atom. The van der Waals surface area contributed by atoms with Crippen LogP contribution in [0.25, 0.3) is 6.08 Å². The van der Waals surface area contributed by atoms with Crippen LogP contribution in [0.4, 0.5) is 5.95 Å². The van der Waals surface area contributed by atoms with Crippen LogP contribution in [0.2, 0.25) is 0 Å². The van der Waals surface area contributed by atoms with Gasteiger partial charge in [0.05, 0.1) is 0 Å². The second kappa shape index (κ2) is 5.90. The molecule has 98 valence electrons. The normalized spacial score (nSPS) is 11.1. The monoisotopic (exact) mass is 257 g/mol. The van der Waals surface area contributed by atoms with Gasteiger partial charge in [0.1, 0.15) is 0 Å². The zero-order valence-corrected chi connectivity index (χ0v) is 10.8. The fraction of sp³-hybridized carbons (Fsp3) is 0.231. The number of aromatic nitrogens is 4. The van der Waals surface area contributed by atoms with Gasteiger partial charge in [-0.3, -0.25) is 10.1 Å². The molecule has 0 aliphatic rings. The third-order valence-electron chi connectivity index (χ3n) is 2.61. The van der Waals surface area contributed by atoms with Crippen LogP contribution in [0.1, 0.15) is 30.9 Å². The molecule has 0 aliphatic heterocycles. The van der Waals surface area contributed by atoms with Crippen molar-refractivity contribution in [2.45, 2.75) is 19.8 Å².